The van der Waals surface area contributed by atoms with Gasteiger partial charge in [0.2, 0.25) is 5.91 Å². The molecule has 0 spiro atoms. The number of nitrogens with zero attached hydrogens (tertiary/aromatic N) is 1. The molecule has 1 fully saturated rings. The van der Waals surface area contributed by atoms with E-state index in [9.17, 15) is 18.7 Å². The third-order valence-corrected chi connectivity index (χ3v) is 4.03. The molecule has 0 aliphatic carbocycles. The molecule has 0 aromatic heterocycles. The van der Waals surface area contributed by atoms with Crippen LogP contribution in [0.5, 0.6) is 0 Å². The number of aliphatic hydroxyl groups is 1. The number of carbonyl (C=O) groups is 1. The molecule has 1 unspecified atom stereocenters. The number of aryl methyl sites for hydroxylation is 1. The van der Waals surface area contributed by atoms with Crippen molar-refractivity contribution in [3.63, 3.8) is 0 Å². The Morgan fingerprint density at radius 3 is 2.76 bits per heavy atom. The molecule has 1 amide bonds. The number of hydrogen-bond acceptors (Lipinski definition) is 2. The summed E-state index contributed by atoms with van der Waals surface area (Å²) in [5.41, 5.74) is -0.0844. The number of rotatable bonds is 3. The van der Waals surface area contributed by atoms with Crippen molar-refractivity contribution in [3.8, 4) is 0 Å². The van der Waals surface area contributed by atoms with Gasteiger partial charge in [-0.05, 0) is 50.3 Å². The maximum atomic E-state index is 13.1. The molecule has 1 aromatic rings. The van der Waals surface area contributed by atoms with Crippen molar-refractivity contribution < 1.29 is 18.7 Å². The second-order valence-corrected chi connectivity index (χ2v) is 5.98. The first-order valence-electron chi connectivity index (χ1n) is 7.31. The minimum Gasteiger partial charge on any atom is -0.390 e. The van der Waals surface area contributed by atoms with Gasteiger partial charge < -0.3 is 10.0 Å². The first-order chi connectivity index (χ1) is 9.87. The van der Waals surface area contributed by atoms with E-state index in [4.69, 9.17) is 0 Å². The fraction of sp³-hybridized carbons (Fsp3) is 0.562. The zero-order valence-corrected chi connectivity index (χ0v) is 12.2. The summed E-state index contributed by atoms with van der Waals surface area (Å²) in [6.07, 6.45) is 2.71. The number of carbonyl (C=O) groups excluding carboxylic acids is 1. The fourth-order valence-corrected chi connectivity index (χ4v) is 2.62. The van der Waals surface area contributed by atoms with Crippen LogP contribution in [-0.4, -0.2) is 34.6 Å². The number of halogens is 2. The Morgan fingerprint density at radius 2 is 2.05 bits per heavy atom. The first kappa shape index (κ1) is 15.9. The quantitative estimate of drug-likeness (QED) is 0.932. The summed E-state index contributed by atoms with van der Waals surface area (Å²) >= 11 is 0. The fourth-order valence-electron chi connectivity index (χ4n) is 2.62. The van der Waals surface area contributed by atoms with Gasteiger partial charge in [-0.15, -0.1) is 0 Å². The second-order valence-electron chi connectivity index (χ2n) is 5.98. The van der Waals surface area contributed by atoms with E-state index in [1.807, 2.05) is 0 Å². The van der Waals surface area contributed by atoms with Gasteiger partial charge in [0, 0.05) is 19.5 Å². The van der Waals surface area contributed by atoms with Crippen LogP contribution in [0.15, 0.2) is 18.2 Å². The van der Waals surface area contributed by atoms with Crippen LogP contribution < -0.4 is 0 Å². The lowest BCUT2D eigenvalue weighted by Gasteiger charge is -2.22. The molecule has 1 N–H and O–H groups in total. The van der Waals surface area contributed by atoms with Crippen LogP contribution in [0, 0.1) is 11.6 Å². The van der Waals surface area contributed by atoms with Gasteiger partial charge >= 0.3 is 0 Å². The molecule has 1 aliphatic rings. The Labute approximate surface area is 123 Å². The van der Waals surface area contributed by atoms with Crippen molar-refractivity contribution >= 4 is 5.91 Å². The van der Waals surface area contributed by atoms with Crippen LogP contribution in [0.4, 0.5) is 8.78 Å². The molecule has 2 rings (SSSR count). The predicted molar refractivity (Wildman–Crippen MR) is 75.7 cm³/mol. The van der Waals surface area contributed by atoms with E-state index in [1.54, 1.807) is 11.8 Å². The molecular formula is C16H21F2NO2. The van der Waals surface area contributed by atoms with Gasteiger partial charge in [-0.2, -0.15) is 0 Å². The standard InChI is InChI=1S/C16H21F2NO2/c1-16(21)7-2-9-19(10-8-16)15(20)6-4-12-3-5-13(17)14(18)11-12/h3,5,11,21H,2,4,6-10H2,1H3. The lowest BCUT2D eigenvalue weighted by Crippen LogP contribution is -2.33. The normalized spacial score (nSPS) is 23.0. The van der Waals surface area contributed by atoms with Crippen LogP contribution in [0.1, 0.15) is 38.2 Å². The molecule has 0 radical (unpaired) electrons. The van der Waals surface area contributed by atoms with Crippen molar-refractivity contribution in [3.05, 3.63) is 35.4 Å². The molecule has 1 heterocycles. The molecule has 0 saturated carbocycles. The Morgan fingerprint density at radius 1 is 1.29 bits per heavy atom. The highest BCUT2D eigenvalue weighted by atomic mass is 19.2. The summed E-state index contributed by atoms with van der Waals surface area (Å²) in [5, 5.41) is 10.0. The number of likely N-dealkylation sites (tertiary alicyclic amines) is 1. The third-order valence-electron chi connectivity index (χ3n) is 4.03. The van der Waals surface area contributed by atoms with Gasteiger partial charge in [-0.3, -0.25) is 4.79 Å². The van der Waals surface area contributed by atoms with E-state index in [1.165, 1.54) is 6.07 Å². The van der Waals surface area contributed by atoms with Crippen molar-refractivity contribution in [2.24, 2.45) is 0 Å². The minimum atomic E-state index is -0.884. The molecule has 5 heteroatoms. The molecule has 1 saturated heterocycles. The average Bonchev–Trinajstić information content (AvgIpc) is 2.61. The van der Waals surface area contributed by atoms with Crippen LogP contribution >= 0.6 is 0 Å². The molecule has 1 aromatic carbocycles. The zero-order chi connectivity index (χ0) is 15.5. The largest absolute Gasteiger partial charge is 0.390 e. The zero-order valence-electron chi connectivity index (χ0n) is 12.2. The van der Waals surface area contributed by atoms with Crippen LogP contribution in [0.3, 0.4) is 0 Å². The highest BCUT2D eigenvalue weighted by Crippen LogP contribution is 2.22. The maximum absolute atomic E-state index is 13.1. The Hall–Kier alpha value is -1.49. The molecule has 21 heavy (non-hydrogen) atoms. The maximum Gasteiger partial charge on any atom is 0.222 e. The Kier molecular flexibility index (Phi) is 4.93. The smallest absolute Gasteiger partial charge is 0.222 e. The third kappa shape index (κ3) is 4.49. The van der Waals surface area contributed by atoms with Gasteiger partial charge in [0.15, 0.2) is 11.6 Å². The summed E-state index contributed by atoms with van der Waals surface area (Å²) < 4.78 is 25.9. The van der Waals surface area contributed by atoms with Crippen LogP contribution in [0.2, 0.25) is 0 Å². The van der Waals surface area contributed by atoms with E-state index in [0.29, 0.717) is 37.9 Å². The molecule has 3 nitrogen and oxygen atoms in total. The highest BCUT2D eigenvalue weighted by molar-refractivity contribution is 5.76. The lowest BCUT2D eigenvalue weighted by molar-refractivity contribution is -0.131. The Bertz CT molecular complexity index is 517. The number of benzene rings is 1. The minimum absolute atomic E-state index is 0.00238. The molecule has 116 valence electrons. The molecule has 1 aliphatic heterocycles. The van der Waals surface area contributed by atoms with Crippen molar-refractivity contribution in [2.45, 2.75) is 44.6 Å². The van der Waals surface area contributed by atoms with E-state index in [-0.39, 0.29) is 12.3 Å². The molecular weight excluding hydrogens is 276 g/mol. The highest BCUT2D eigenvalue weighted by Gasteiger charge is 2.26. The van der Waals surface area contributed by atoms with Gasteiger partial charge in [0.25, 0.3) is 0 Å². The van der Waals surface area contributed by atoms with E-state index < -0.39 is 17.2 Å². The number of amides is 1. The SMILES string of the molecule is CC1(O)CCCN(C(=O)CCc2ccc(F)c(F)c2)CC1. The summed E-state index contributed by atoms with van der Waals surface area (Å²) in [6.45, 7) is 2.98. The monoisotopic (exact) mass is 297 g/mol. The lowest BCUT2D eigenvalue weighted by atomic mass is 9.98. The van der Waals surface area contributed by atoms with Crippen LogP contribution in [0.25, 0.3) is 0 Å². The van der Waals surface area contributed by atoms with Crippen molar-refractivity contribution in [1.29, 1.82) is 0 Å². The first-order valence-corrected chi connectivity index (χ1v) is 7.31. The second kappa shape index (κ2) is 6.52. The molecule has 0 bridgehead atoms. The van der Waals surface area contributed by atoms with E-state index in [2.05, 4.69) is 0 Å². The van der Waals surface area contributed by atoms with Gasteiger partial charge in [-0.1, -0.05) is 6.07 Å². The van der Waals surface area contributed by atoms with Gasteiger partial charge in [0.05, 0.1) is 5.60 Å². The molecule has 1 atom stereocenters. The van der Waals surface area contributed by atoms with E-state index >= 15 is 0 Å². The predicted octanol–water partition coefficient (Wildman–Crippen LogP) is 2.66. The van der Waals surface area contributed by atoms with Gasteiger partial charge in [0.1, 0.15) is 0 Å². The Balaban J connectivity index is 1.88. The topological polar surface area (TPSA) is 40.5 Å². The van der Waals surface area contributed by atoms with Crippen molar-refractivity contribution in [2.75, 3.05) is 13.1 Å². The summed E-state index contributed by atoms with van der Waals surface area (Å²) in [7, 11) is 0. The van der Waals surface area contributed by atoms with Gasteiger partial charge in [-0.25, -0.2) is 8.78 Å². The van der Waals surface area contributed by atoms with Crippen molar-refractivity contribution in [1.82, 2.24) is 4.90 Å². The summed E-state index contributed by atoms with van der Waals surface area (Å²) in [5.74, 6) is -1.76. The average molecular weight is 297 g/mol. The van der Waals surface area contributed by atoms with Crippen LogP contribution in [-0.2, 0) is 11.2 Å². The summed E-state index contributed by atoms with van der Waals surface area (Å²) in [6, 6.07) is 3.72. The van der Waals surface area contributed by atoms with E-state index in [0.717, 1.165) is 18.6 Å². The summed E-state index contributed by atoms with van der Waals surface area (Å²) in [4.78, 5) is 13.9. The number of hydrogen-bond donors (Lipinski definition) is 1.